The van der Waals surface area contributed by atoms with Gasteiger partial charge in [0.2, 0.25) is 0 Å². The molecular weight excluding hydrogens is 500 g/mol. The molecule has 0 spiro atoms. The molecule has 4 aromatic carbocycles. The molecule has 0 aliphatic carbocycles. The van der Waals surface area contributed by atoms with E-state index in [0.717, 1.165) is 32.7 Å². The summed E-state index contributed by atoms with van der Waals surface area (Å²) in [6, 6.07) is 25.4. The van der Waals surface area contributed by atoms with Crippen LogP contribution in [0.1, 0.15) is 76.6 Å². The van der Waals surface area contributed by atoms with Crippen molar-refractivity contribution in [3.63, 3.8) is 0 Å². The molecule has 0 bridgehead atoms. The molecular formula is C34H40N2O4. The van der Waals surface area contributed by atoms with Gasteiger partial charge in [-0.2, -0.15) is 0 Å². The van der Waals surface area contributed by atoms with Gasteiger partial charge in [-0.15, -0.1) is 0 Å². The van der Waals surface area contributed by atoms with E-state index in [-0.39, 0.29) is 0 Å². The first-order chi connectivity index (χ1) is 19.2. The van der Waals surface area contributed by atoms with Crippen LogP contribution < -0.4 is 10.6 Å². The van der Waals surface area contributed by atoms with Gasteiger partial charge in [-0.1, -0.05) is 113 Å². The smallest absolute Gasteiger partial charge is 0.309 e. The third-order valence-electron chi connectivity index (χ3n) is 8.55. The molecule has 40 heavy (non-hydrogen) atoms. The maximum atomic E-state index is 13.6. The Hall–Kier alpha value is -3.74. The minimum absolute atomic E-state index is 0.378. The topological polar surface area (TPSA) is 98.7 Å². The van der Waals surface area contributed by atoms with Gasteiger partial charge >= 0.3 is 11.8 Å². The normalized spacial score (nSPS) is 13.7. The summed E-state index contributed by atoms with van der Waals surface area (Å²) in [6.45, 7) is 7.47. The summed E-state index contributed by atoms with van der Waals surface area (Å²) in [5.74, 6) is -1.73. The first-order valence-corrected chi connectivity index (χ1v) is 14.2. The lowest BCUT2D eigenvalue weighted by molar-refractivity contribution is -0.143. The molecule has 0 aliphatic rings. The van der Waals surface area contributed by atoms with E-state index in [0.29, 0.717) is 25.7 Å². The van der Waals surface area contributed by atoms with Crippen molar-refractivity contribution in [3.05, 3.63) is 96.1 Å². The third-order valence-corrected chi connectivity index (χ3v) is 8.55. The number of hydrogen-bond acceptors (Lipinski definition) is 4. The Balaban J connectivity index is 1.71. The van der Waals surface area contributed by atoms with Gasteiger partial charge in [-0.05, 0) is 58.4 Å². The summed E-state index contributed by atoms with van der Waals surface area (Å²) in [5.41, 5.74) is -1.06. The molecule has 2 amide bonds. The molecule has 2 atom stereocenters. The van der Waals surface area contributed by atoms with E-state index >= 15 is 0 Å². The highest BCUT2D eigenvalue weighted by Crippen LogP contribution is 2.37. The molecule has 0 aliphatic heterocycles. The highest BCUT2D eigenvalue weighted by molar-refractivity contribution is 6.35. The molecule has 4 aromatic rings. The van der Waals surface area contributed by atoms with Crippen molar-refractivity contribution in [2.45, 2.75) is 76.7 Å². The fourth-order valence-corrected chi connectivity index (χ4v) is 5.72. The second-order valence-electron chi connectivity index (χ2n) is 10.6. The number of nitrogens with one attached hydrogen (secondary N) is 2. The number of carbonyl (C=O) groups is 2. The van der Waals surface area contributed by atoms with Gasteiger partial charge in [-0.25, -0.2) is 0 Å². The fourth-order valence-electron chi connectivity index (χ4n) is 5.72. The first-order valence-electron chi connectivity index (χ1n) is 14.2. The van der Waals surface area contributed by atoms with Crippen LogP contribution in [0.3, 0.4) is 0 Å². The number of carbonyl (C=O) groups excluding carboxylic acids is 2. The van der Waals surface area contributed by atoms with Crippen molar-refractivity contribution in [1.29, 1.82) is 0 Å². The Morgan fingerprint density at radius 2 is 0.900 bits per heavy atom. The molecule has 210 valence electrons. The highest BCUT2D eigenvalue weighted by atomic mass is 16.3. The molecule has 0 radical (unpaired) electrons. The van der Waals surface area contributed by atoms with Crippen LogP contribution in [-0.2, 0) is 9.59 Å². The summed E-state index contributed by atoms with van der Waals surface area (Å²) >= 11 is 0. The SMILES string of the molecule is CCC(O)(CC)C(NC(=O)C(=O)NC(c1cccc2ccccc12)C(O)(CC)CC)c1cccc2ccccc12. The summed E-state index contributed by atoms with van der Waals surface area (Å²) in [6.07, 6.45) is 1.51. The molecule has 6 heteroatoms. The van der Waals surface area contributed by atoms with Crippen LogP contribution >= 0.6 is 0 Å². The van der Waals surface area contributed by atoms with E-state index in [9.17, 15) is 19.8 Å². The van der Waals surface area contributed by atoms with Gasteiger partial charge in [0.25, 0.3) is 0 Å². The Kier molecular flexibility index (Phi) is 8.92. The van der Waals surface area contributed by atoms with E-state index in [2.05, 4.69) is 10.6 Å². The number of amides is 2. The van der Waals surface area contributed by atoms with Crippen molar-refractivity contribution in [1.82, 2.24) is 10.6 Å². The zero-order valence-electron chi connectivity index (χ0n) is 23.8. The van der Waals surface area contributed by atoms with Crippen molar-refractivity contribution >= 4 is 33.4 Å². The molecule has 0 aromatic heterocycles. The van der Waals surface area contributed by atoms with E-state index < -0.39 is 35.1 Å². The Morgan fingerprint density at radius 1 is 0.575 bits per heavy atom. The van der Waals surface area contributed by atoms with Crippen LogP contribution in [0.5, 0.6) is 0 Å². The second-order valence-corrected chi connectivity index (χ2v) is 10.6. The van der Waals surface area contributed by atoms with E-state index in [4.69, 9.17) is 0 Å². The number of benzene rings is 4. The second kappa shape index (κ2) is 12.2. The first kappa shape index (κ1) is 29.2. The van der Waals surface area contributed by atoms with Crippen molar-refractivity contribution in [3.8, 4) is 0 Å². The van der Waals surface area contributed by atoms with Gasteiger partial charge in [-0.3, -0.25) is 9.59 Å². The number of fused-ring (bicyclic) bond motifs is 2. The van der Waals surface area contributed by atoms with Crippen molar-refractivity contribution in [2.75, 3.05) is 0 Å². The predicted octanol–water partition coefficient (Wildman–Crippen LogP) is 6.11. The number of hydrogen-bond donors (Lipinski definition) is 4. The quantitative estimate of drug-likeness (QED) is 0.182. The third kappa shape index (κ3) is 5.60. The van der Waals surface area contributed by atoms with E-state index in [1.54, 1.807) is 0 Å². The maximum Gasteiger partial charge on any atom is 0.309 e. The molecule has 0 fully saturated rings. The van der Waals surface area contributed by atoms with Gasteiger partial charge in [0.15, 0.2) is 0 Å². The van der Waals surface area contributed by atoms with E-state index in [1.165, 1.54) is 0 Å². The molecule has 0 saturated heterocycles. The minimum Gasteiger partial charge on any atom is -0.387 e. The molecule has 2 unspecified atom stereocenters. The van der Waals surface area contributed by atoms with Crippen LogP contribution in [0.25, 0.3) is 21.5 Å². The number of rotatable bonds is 10. The van der Waals surface area contributed by atoms with E-state index in [1.807, 2.05) is 113 Å². The van der Waals surface area contributed by atoms with Crippen LogP contribution in [0.4, 0.5) is 0 Å². The van der Waals surface area contributed by atoms with Crippen molar-refractivity contribution in [2.24, 2.45) is 0 Å². The van der Waals surface area contributed by atoms with Crippen LogP contribution in [0.2, 0.25) is 0 Å². The van der Waals surface area contributed by atoms with Gasteiger partial charge in [0.1, 0.15) is 0 Å². The molecule has 0 saturated carbocycles. The molecule has 4 N–H and O–H groups in total. The Morgan fingerprint density at radius 3 is 1.25 bits per heavy atom. The summed E-state index contributed by atoms with van der Waals surface area (Å²) in [4.78, 5) is 27.1. The Labute approximate surface area is 236 Å². The zero-order valence-corrected chi connectivity index (χ0v) is 23.8. The van der Waals surface area contributed by atoms with Crippen LogP contribution in [-0.4, -0.2) is 33.2 Å². The Bertz CT molecular complexity index is 1370. The van der Waals surface area contributed by atoms with Crippen molar-refractivity contribution < 1.29 is 19.8 Å². The van der Waals surface area contributed by atoms with Crippen LogP contribution in [0.15, 0.2) is 84.9 Å². The molecule has 4 rings (SSSR count). The summed E-state index contributed by atoms with van der Waals surface area (Å²) in [5, 5.41) is 32.7. The molecule has 0 heterocycles. The lowest BCUT2D eigenvalue weighted by atomic mass is 9.81. The predicted molar refractivity (Wildman–Crippen MR) is 161 cm³/mol. The highest BCUT2D eigenvalue weighted by Gasteiger charge is 2.40. The summed E-state index contributed by atoms with van der Waals surface area (Å²) in [7, 11) is 0. The molecule has 6 nitrogen and oxygen atoms in total. The lowest BCUT2D eigenvalue weighted by Crippen LogP contribution is -2.53. The largest absolute Gasteiger partial charge is 0.387 e. The average molecular weight is 541 g/mol. The average Bonchev–Trinajstić information content (AvgIpc) is 3.01. The lowest BCUT2D eigenvalue weighted by Gasteiger charge is -2.37. The fraction of sp³-hybridized carbons (Fsp3) is 0.353. The minimum atomic E-state index is -1.28. The standard InChI is InChI=1S/C34H40N2O4/c1-5-33(39,6-2)29(27-21-13-17-23-15-9-11-19-25(23)27)35-31(37)32(38)36-30(34(40,7-3)8-4)28-22-14-18-24-16-10-12-20-26(24)28/h9-22,29-30,39-40H,5-8H2,1-4H3,(H,35,37)(H,36,38). The number of aliphatic hydroxyl groups is 2. The zero-order chi connectivity index (χ0) is 28.9. The van der Waals surface area contributed by atoms with Gasteiger partial charge in [0.05, 0.1) is 23.3 Å². The van der Waals surface area contributed by atoms with Gasteiger partial charge in [0, 0.05) is 0 Å². The monoisotopic (exact) mass is 540 g/mol. The summed E-state index contributed by atoms with van der Waals surface area (Å²) < 4.78 is 0. The maximum absolute atomic E-state index is 13.6. The van der Waals surface area contributed by atoms with Crippen LogP contribution in [0, 0.1) is 0 Å². The van der Waals surface area contributed by atoms with Gasteiger partial charge < -0.3 is 20.8 Å².